The Morgan fingerprint density at radius 1 is 1.29 bits per heavy atom. The van der Waals surface area contributed by atoms with Gasteiger partial charge >= 0.3 is 6.09 Å². The number of amides is 1. The zero-order valence-corrected chi connectivity index (χ0v) is 20.4. The van der Waals surface area contributed by atoms with Crippen LogP contribution in [0.1, 0.15) is 65.0 Å². The molecule has 1 aromatic rings. The van der Waals surface area contributed by atoms with E-state index < -0.39 is 21.7 Å². The van der Waals surface area contributed by atoms with E-state index in [0.717, 1.165) is 36.8 Å². The predicted octanol–water partition coefficient (Wildman–Crippen LogP) is 3.88. The van der Waals surface area contributed by atoms with Crippen molar-refractivity contribution < 1.29 is 22.7 Å². The van der Waals surface area contributed by atoms with Crippen molar-refractivity contribution in [1.29, 1.82) is 0 Å². The SMILES string of the molecule is CC1Oc2ccc(C(CCCCCNS(C)(=O)=O)NC(=O)OC(C)(C)C)cc2NC1=S. The number of benzene rings is 1. The van der Waals surface area contributed by atoms with Gasteiger partial charge in [0.2, 0.25) is 10.0 Å². The van der Waals surface area contributed by atoms with Crippen molar-refractivity contribution >= 4 is 39.0 Å². The molecular formula is C21H33N3O5S2. The first-order chi connectivity index (χ1) is 14.3. The fourth-order valence-corrected chi connectivity index (χ4v) is 3.80. The van der Waals surface area contributed by atoms with Crippen LogP contribution in [0.2, 0.25) is 0 Å². The minimum absolute atomic E-state index is 0.190. The molecule has 0 aromatic heterocycles. The summed E-state index contributed by atoms with van der Waals surface area (Å²) >= 11 is 5.31. The molecule has 1 aliphatic rings. The van der Waals surface area contributed by atoms with Gasteiger partial charge in [0.15, 0.2) is 0 Å². The Morgan fingerprint density at radius 3 is 2.65 bits per heavy atom. The Labute approximate surface area is 190 Å². The van der Waals surface area contributed by atoms with Crippen LogP contribution < -0.4 is 20.1 Å². The maximum absolute atomic E-state index is 12.4. The lowest BCUT2D eigenvalue weighted by atomic mass is 9.99. The minimum atomic E-state index is -3.17. The van der Waals surface area contributed by atoms with E-state index in [2.05, 4.69) is 15.4 Å². The van der Waals surface area contributed by atoms with Crippen LogP contribution in [0.15, 0.2) is 18.2 Å². The molecule has 1 aromatic carbocycles. The number of unbranched alkanes of at least 4 members (excludes halogenated alkanes) is 2. The molecule has 2 unspecified atom stereocenters. The number of thiocarbonyl (C=S) groups is 1. The van der Waals surface area contributed by atoms with Gasteiger partial charge in [0.1, 0.15) is 22.4 Å². The van der Waals surface area contributed by atoms with Gasteiger partial charge < -0.3 is 20.1 Å². The zero-order chi connectivity index (χ0) is 23.2. The third-order valence-corrected chi connectivity index (χ3v) is 5.72. The van der Waals surface area contributed by atoms with Gasteiger partial charge in [-0.05, 0) is 58.2 Å². The summed E-state index contributed by atoms with van der Waals surface area (Å²) < 4.78 is 36.0. The van der Waals surface area contributed by atoms with Crippen molar-refractivity contribution in [3.8, 4) is 5.75 Å². The standard InChI is InChI=1S/C21H33N3O5S2/c1-14-19(30)23-17-13-15(10-11-18(17)28-14)16(24-20(25)29-21(2,3)4)9-7-6-8-12-22-31(5,26)27/h10-11,13-14,16,22H,6-9,12H2,1-5H3,(H,23,30)(H,24,25). The average Bonchev–Trinajstić information content (AvgIpc) is 2.61. The van der Waals surface area contributed by atoms with Gasteiger partial charge in [0.05, 0.1) is 18.0 Å². The van der Waals surface area contributed by atoms with Crippen LogP contribution in [0.25, 0.3) is 0 Å². The maximum atomic E-state index is 12.4. The second kappa shape index (κ2) is 10.6. The Morgan fingerprint density at radius 2 is 2.00 bits per heavy atom. The minimum Gasteiger partial charge on any atom is -0.481 e. The number of hydrogen-bond acceptors (Lipinski definition) is 6. The molecule has 0 radical (unpaired) electrons. The van der Waals surface area contributed by atoms with Crippen molar-refractivity contribution in [2.45, 2.75) is 71.1 Å². The molecule has 1 heterocycles. The van der Waals surface area contributed by atoms with Gasteiger partial charge in [-0.25, -0.2) is 17.9 Å². The van der Waals surface area contributed by atoms with Gasteiger partial charge in [-0.2, -0.15) is 0 Å². The van der Waals surface area contributed by atoms with Gasteiger partial charge in [-0.15, -0.1) is 0 Å². The molecule has 0 aliphatic carbocycles. The number of carbonyl (C=O) groups excluding carboxylic acids is 1. The molecule has 2 rings (SSSR count). The fraction of sp³-hybridized carbons (Fsp3) is 0.619. The predicted molar refractivity (Wildman–Crippen MR) is 126 cm³/mol. The zero-order valence-electron chi connectivity index (χ0n) is 18.8. The molecule has 8 nitrogen and oxygen atoms in total. The highest BCUT2D eigenvalue weighted by molar-refractivity contribution is 7.88. The number of anilines is 1. The second-order valence-corrected chi connectivity index (χ2v) is 11.0. The summed E-state index contributed by atoms with van der Waals surface area (Å²) in [6.45, 7) is 7.74. The molecule has 0 bridgehead atoms. The third kappa shape index (κ3) is 9.00. The Kier molecular flexibility index (Phi) is 8.67. The van der Waals surface area contributed by atoms with E-state index in [1.54, 1.807) is 0 Å². The molecule has 0 saturated carbocycles. The highest BCUT2D eigenvalue weighted by Gasteiger charge is 2.24. The first-order valence-corrected chi connectivity index (χ1v) is 12.7. The smallest absolute Gasteiger partial charge is 0.408 e. The normalized spacial score (nSPS) is 17.2. The van der Waals surface area contributed by atoms with Crippen molar-refractivity contribution in [2.24, 2.45) is 0 Å². The number of nitrogens with one attached hydrogen (secondary N) is 3. The number of ether oxygens (including phenoxy) is 2. The van der Waals surface area contributed by atoms with Crippen molar-refractivity contribution in [1.82, 2.24) is 10.0 Å². The number of rotatable bonds is 9. The second-order valence-electron chi connectivity index (χ2n) is 8.72. The number of hydrogen-bond donors (Lipinski definition) is 3. The molecule has 10 heteroatoms. The maximum Gasteiger partial charge on any atom is 0.408 e. The molecule has 0 fully saturated rings. The summed E-state index contributed by atoms with van der Waals surface area (Å²) in [5, 5.41) is 6.15. The lowest BCUT2D eigenvalue weighted by Gasteiger charge is -2.28. The Bertz CT molecular complexity index is 897. The van der Waals surface area contributed by atoms with E-state index in [1.165, 1.54) is 0 Å². The van der Waals surface area contributed by atoms with E-state index in [1.807, 2.05) is 45.9 Å². The van der Waals surface area contributed by atoms with Crippen LogP contribution in [-0.4, -0.2) is 44.0 Å². The largest absolute Gasteiger partial charge is 0.481 e. The summed E-state index contributed by atoms with van der Waals surface area (Å²) in [7, 11) is -3.17. The van der Waals surface area contributed by atoms with Gasteiger partial charge in [-0.3, -0.25) is 0 Å². The fourth-order valence-electron chi connectivity index (χ4n) is 3.12. The molecule has 174 valence electrons. The van der Waals surface area contributed by atoms with Crippen LogP contribution in [-0.2, 0) is 14.8 Å². The summed E-state index contributed by atoms with van der Waals surface area (Å²) in [5.41, 5.74) is 1.08. The van der Waals surface area contributed by atoms with E-state index in [4.69, 9.17) is 21.7 Å². The van der Waals surface area contributed by atoms with Gasteiger partial charge in [0.25, 0.3) is 0 Å². The van der Waals surface area contributed by atoms with Gasteiger partial charge in [0, 0.05) is 6.54 Å². The number of sulfonamides is 1. The molecule has 1 aliphatic heterocycles. The van der Waals surface area contributed by atoms with Crippen LogP contribution >= 0.6 is 12.2 Å². The Hall–Kier alpha value is -1.91. The summed E-state index contributed by atoms with van der Waals surface area (Å²) in [5.74, 6) is 0.715. The molecule has 1 amide bonds. The van der Waals surface area contributed by atoms with Crippen LogP contribution in [0.5, 0.6) is 5.75 Å². The number of fused-ring (bicyclic) bond motifs is 1. The van der Waals surface area contributed by atoms with Crippen LogP contribution in [0.3, 0.4) is 0 Å². The van der Waals surface area contributed by atoms with E-state index in [0.29, 0.717) is 23.7 Å². The lowest BCUT2D eigenvalue weighted by molar-refractivity contribution is 0.0500. The molecule has 31 heavy (non-hydrogen) atoms. The lowest BCUT2D eigenvalue weighted by Crippen LogP contribution is -2.35. The molecule has 3 N–H and O–H groups in total. The van der Waals surface area contributed by atoms with E-state index in [9.17, 15) is 13.2 Å². The third-order valence-electron chi connectivity index (χ3n) is 4.56. The summed E-state index contributed by atoms with van der Waals surface area (Å²) in [4.78, 5) is 13.0. The summed E-state index contributed by atoms with van der Waals surface area (Å²) in [6.07, 6.45) is 3.50. The van der Waals surface area contributed by atoms with Crippen LogP contribution in [0.4, 0.5) is 10.5 Å². The summed E-state index contributed by atoms with van der Waals surface area (Å²) in [6, 6.07) is 5.46. The monoisotopic (exact) mass is 471 g/mol. The highest BCUT2D eigenvalue weighted by Crippen LogP contribution is 2.33. The van der Waals surface area contributed by atoms with E-state index >= 15 is 0 Å². The molecule has 0 saturated heterocycles. The topological polar surface area (TPSA) is 106 Å². The molecular weight excluding hydrogens is 438 g/mol. The van der Waals surface area contributed by atoms with Crippen LogP contribution in [0, 0.1) is 0 Å². The quantitative estimate of drug-likeness (QED) is 0.371. The van der Waals surface area contributed by atoms with Crippen molar-refractivity contribution in [3.05, 3.63) is 23.8 Å². The first kappa shape index (κ1) is 25.4. The molecule has 0 spiro atoms. The number of alkyl carbamates (subject to hydrolysis) is 1. The van der Waals surface area contributed by atoms with Crippen molar-refractivity contribution in [3.63, 3.8) is 0 Å². The average molecular weight is 472 g/mol. The molecule has 2 atom stereocenters. The Balaban J connectivity index is 2.06. The van der Waals surface area contributed by atoms with Crippen molar-refractivity contribution in [2.75, 3.05) is 18.1 Å². The van der Waals surface area contributed by atoms with Gasteiger partial charge in [-0.1, -0.05) is 31.1 Å². The van der Waals surface area contributed by atoms with E-state index in [-0.39, 0.29) is 12.1 Å². The first-order valence-electron chi connectivity index (χ1n) is 10.4. The highest BCUT2D eigenvalue weighted by atomic mass is 32.2. The number of carbonyl (C=O) groups is 1.